The predicted octanol–water partition coefficient (Wildman–Crippen LogP) is 14.2. The molecule has 2 saturated carbocycles. The van der Waals surface area contributed by atoms with Crippen LogP contribution in [0.1, 0.15) is 148 Å². The molecule has 0 amide bonds. The molecule has 8 rings (SSSR count). The molecule has 2 heterocycles. The number of ketones is 1. The minimum Gasteiger partial charge on any atom is -0.512 e. The van der Waals surface area contributed by atoms with Crippen LogP contribution in [0.3, 0.4) is 0 Å². The molecule has 3 aliphatic carbocycles. The number of benzene rings is 3. The number of nitrogens with zero attached hydrogens (tertiary/aromatic N) is 1. The molecule has 289 valence electrons. The van der Waals surface area contributed by atoms with Crippen LogP contribution in [0.15, 0.2) is 60.5 Å². The second-order valence-electron chi connectivity index (χ2n) is 18.8. The fourth-order valence-corrected chi connectivity index (χ4v) is 11.1. The Kier molecular flexibility index (Phi) is 12.1. The van der Waals surface area contributed by atoms with Crippen molar-refractivity contribution in [2.45, 2.75) is 149 Å². The summed E-state index contributed by atoms with van der Waals surface area (Å²) in [5.41, 5.74) is 8.39. The van der Waals surface area contributed by atoms with E-state index in [1.54, 1.807) is 11.6 Å². The van der Waals surface area contributed by atoms with E-state index in [2.05, 4.69) is 104 Å². The van der Waals surface area contributed by atoms with Gasteiger partial charge in [0.25, 0.3) is 0 Å². The number of hydrogen-bond acceptors (Lipinski definition) is 4. The number of hydrogen-bond donors (Lipinski definition) is 1. The van der Waals surface area contributed by atoms with Gasteiger partial charge in [-0.15, -0.1) is 40.5 Å². The number of rotatable bonds is 4. The Morgan fingerprint density at radius 3 is 2.15 bits per heavy atom. The van der Waals surface area contributed by atoms with Crippen LogP contribution in [0, 0.1) is 24.8 Å². The predicted molar refractivity (Wildman–Crippen MR) is 226 cm³/mol. The van der Waals surface area contributed by atoms with Gasteiger partial charge in [0.15, 0.2) is 5.78 Å². The van der Waals surface area contributed by atoms with Gasteiger partial charge in [-0.3, -0.25) is 9.78 Å². The van der Waals surface area contributed by atoms with Gasteiger partial charge >= 0.3 is 0 Å². The van der Waals surface area contributed by atoms with E-state index < -0.39 is 0 Å². The number of aliphatic hydroxyl groups excluding tert-OH is 1. The molecule has 0 unspecified atom stereocenters. The molecule has 2 fully saturated rings. The molecule has 0 aliphatic heterocycles. The van der Waals surface area contributed by atoms with Crippen LogP contribution < -0.4 is 0 Å². The maximum atomic E-state index is 12.0. The van der Waals surface area contributed by atoms with E-state index in [0.717, 1.165) is 42.3 Å². The van der Waals surface area contributed by atoms with E-state index in [9.17, 15) is 9.90 Å². The number of aryl methyl sites for hydroxylation is 1. The molecule has 0 bridgehead atoms. The Morgan fingerprint density at radius 2 is 1.48 bits per heavy atom. The molecule has 3 aromatic carbocycles. The molecule has 3 aliphatic rings. The van der Waals surface area contributed by atoms with E-state index in [4.69, 9.17) is 4.98 Å². The topological polar surface area (TPSA) is 50.2 Å². The average Bonchev–Trinajstić information content (AvgIpc) is 3.54. The quantitative estimate of drug-likeness (QED) is 0.111. The summed E-state index contributed by atoms with van der Waals surface area (Å²) < 4.78 is 2.75. The molecular weight excluding hydrogens is 859 g/mol. The smallest absolute Gasteiger partial charge is 0.162 e. The minimum atomic E-state index is 0. The van der Waals surface area contributed by atoms with E-state index in [1.807, 2.05) is 17.5 Å². The SMILES string of the molecule is Cc1cc2c(c3sc4c(-c5[c-]c6ccccc6c(C(C)(C)C)c5)nccc4c13)C(C)(C)CCC2(C)C.O=C(/C=C(\O)C1CCCCC1)C1CCCCC1.[Ir]. The van der Waals surface area contributed by atoms with Gasteiger partial charge in [-0.2, -0.15) is 0 Å². The summed E-state index contributed by atoms with van der Waals surface area (Å²) in [4.78, 5) is 17.0. The Hall–Kier alpha value is -2.85. The van der Waals surface area contributed by atoms with Gasteiger partial charge in [0.2, 0.25) is 0 Å². The van der Waals surface area contributed by atoms with Crippen LogP contribution >= 0.6 is 11.3 Å². The van der Waals surface area contributed by atoms with Crippen LogP contribution in [0.2, 0.25) is 0 Å². The van der Waals surface area contributed by atoms with E-state index in [-0.39, 0.29) is 54.0 Å². The van der Waals surface area contributed by atoms with Crippen molar-refractivity contribution in [2.75, 3.05) is 0 Å². The molecule has 5 heteroatoms. The van der Waals surface area contributed by atoms with Crippen LogP contribution in [0.25, 0.3) is 42.2 Å². The summed E-state index contributed by atoms with van der Waals surface area (Å²) in [5.74, 6) is 0.985. The van der Waals surface area contributed by atoms with E-state index in [1.165, 1.54) is 93.6 Å². The fraction of sp³-hybridized carbons (Fsp3) is 0.510. The largest absolute Gasteiger partial charge is 0.512 e. The summed E-state index contributed by atoms with van der Waals surface area (Å²) >= 11 is 1.95. The van der Waals surface area contributed by atoms with Crippen molar-refractivity contribution in [3.63, 3.8) is 0 Å². The molecule has 2 aromatic heterocycles. The third kappa shape index (κ3) is 8.03. The second kappa shape index (κ2) is 16.0. The van der Waals surface area contributed by atoms with Crippen molar-refractivity contribution in [3.05, 3.63) is 88.8 Å². The van der Waals surface area contributed by atoms with Crippen molar-refractivity contribution < 1.29 is 30.0 Å². The fourth-order valence-electron chi connectivity index (χ4n) is 9.50. The molecule has 3 nitrogen and oxygen atoms in total. The zero-order valence-electron chi connectivity index (χ0n) is 33.9. The molecule has 1 N–H and O–H groups in total. The summed E-state index contributed by atoms with van der Waals surface area (Å²) in [7, 11) is 0. The minimum absolute atomic E-state index is 0. The zero-order valence-corrected chi connectivity index (χ0v) is 37.1. The third-order valence-electron chi connectivity index (χ3n) is 12.8. The van der Waals surface area contributed by atoms with E-state index in [0.29, 0.717) is 5.76 Å². The number of pyridine rings is 1. The first-order valence-electron chi connectivity index (χ1n) is 20.4. The van der Waals surface area contributed by atoms with Gasteiger partial charge in [-0.1, -0.05) is 122 Å². The third-order valence-corrected chi connectivity index (χ3v) is 14.0. The summed E-state index contributed by atoms with van der Waals surface area (Å²) in [6.07, 6.45) is 17.4. The monoisotopic (exact) mass is 919 g/mol. The summed E-state index contributed by atoms with van der Waals surface area (Å²) in [6, 6.07) is 19.4. The van der Waals surface area contributed by atoms with Gasteiger partial charge in [0, 0.05) is 64.7 Å². The molecule has 0 atom stereocenters. The Balaban J connectivity index is 0.000000233. The first-order valence-corrected chi connectivity index (χ1v) is 21.2. The number of aliphatic hydroxyl groups is 1. The molecule has 0 saturated heterocycles. The van der Waals surface area contributed by atoms with Crippen molar-refractivity contribution in [1.29, 1.82) is 0 Å². The first-order chi connectivity index (χ1) is 25.2. The number of carbonyl (C=O) groups is 1. The zero-order chi connectivity index (χ0) is 37.7. The number of aromatic nitrogens is 1. The van der Waals surface area contributed by atoms with Crippen LogP contribution in [-0.4, -0.2) is 15.9 Å². The van der Waals surface area contributed by atoms with Gasteiger partial charge < -0.3 is 5.11 Å². The maximum Gasteiger partial charge on any atom is 0.162 e. The molecular formula is C49H60IrNO2S-. The van der Waals surface area contributed by atoms with Gasteiger partial charge in [-0.25, -0.2) is 0 Å². The van der Waals surface area contributed by atoms with Gasteiger partial charge in [0.1, 0.15) is 0 Å². The number of fused-ring (bicyclic) bond motifs is 6. The number of carbonyl (C=O) groups excluding carboxylic acids is 1. The second-order valence-corrected chi connectivity index (χ2v) is 19.8. The molecule has 0 spiro atoms. The maximum absolute atomic E-state index is 12.0. The average molecular weight is 919 g/mol. The van der Waals surface area contributed by atoms with E-state index >= 15 is 0 Å². The summed E-state index contributed by atoms with van der Waals surface area (Å²) in [6.45, 7) is 18.9. The van der Waals surface area contributed by atoms with Gasteiger partial charge in [0.05, 0.1) is 5.76 Å². The number of thiophene rings is 1. The first kappa shape index (κ1) is 40.8. The molecule has 54 heavy (non-hydrogen) atoms. The Labute approximate surface area is 341 Å². The Morgan fingerprint density at radius 1 is 0.852 bits per heavy atom. The Bertz CT molecular complexity index is 2190. The number of allylic oxidation sites excluding steroid dienone is 2. The van der Waals surface area contributed by atoms with Crippen LogP contribution in [0.5, 0.6) is 0 Å². The molecule has 5 aromatic rings. The van der Waals surface area contributed by atoms with Crippen molar-refractivity contribution >= 4 is 48.1 Å². The van der Waals surface area contributed by atoms with Crippen molar-refractivity contribution in [3.8, 4) is 11.3 Å². The molecule has 1 radical (unpaired) electrons. The van der Waals surface area contributed by atoms with Crippen LogP contribution in [0.4, 0.5) is 0 Å². The van der Waals surface area contributed by atoms with Crippen molar-refractivity contribution in [2.24, 2.45) is 11.8 Å². The van der Waals surface area contributed by atoms with Crippen LogP contribution in [-0.2, 0) is 41.1 Å². The summed E-state index contributed by atoms with van der Waals surface area (Å²) in [5, 5.41) is 15.2. The normalized spacial score (nSPS) is 19.2. The van der Waals surface area contributed by atoms with Gasteiger partial charge in [-0.05, 0) is 89.8 Å². The standard InChI is InChI=1S/C34H36NS.C15H24O2.Ir/c1-20-17-26-28(34(7,8)15-14-33(26,5)6)31-27(20)24-13-16-35-29(30(24)36-31)22-18-21-11-9-10-12-23(21)25(19-22)32(2,3)4;16-14(12-7-3-1-4-8-12)11-15(17)13-9-5-2-6-10-13;/h9-13,16-17,19H,14-15H2,1-8H3;11-13,16H,1-10H2;/q-1;;/b;14-11-;. The van der Waals surface area contributed by atoms with Crippen molar-refractivity contribution in [1.82, 2.24) is 4.98 Å².